The molecule has 0 spiro atoms. The van der Waals surface area contributed by atoms with E-state index in [1.54, 1.807) is 37.3 Å². The number of alkyl halides is 1. The van der Waals surface area contributed by atoms with Gasteiger partial charge in [-0.3, -0.25) is 4.79 Å². The third-order valence-electron chi connectivity index (χ3n) is 2.57. The van der Waals surface area contributed by atoms with Crippen LogP contribution in [0.2, 0.25) is 5.02 Å². The quantitative estimate of drug-likeness (QED) is 0.780. The lowest BCUT2D eigenvalue weighted by Gasteiger charge is -2.20. The monoisotopic (exact) mass is 289 g/mol. The van der Waals surface area contributed by atoms with Crippen molar-refractivity contribution >= 4 is 29.1 Å². The fourth-order valence-corrected chi connectivity index (χ4v) is 2.06. The van der Waals surface area contributed by atoms with E-state index in [1.807, 2.05) is 6.92 Å². The lowest BCUT2D eigenvalue weighted by Crippen LogP contribution is -2.33. The third kappa shape index (κ3) is 4.16. The number of hydrogen-bond acceptors (Lipinski definition) is 2. The van der Waals surface area contributed by atoms with E-state index in [4.69, 9.17) is 27.9 Å². The van der Waals surface area contributed by atoms with Crippen LogP contribution in [0.25, 0.3) is 0 Å². The Bertz CT molecular complexity index is 423. The van der Waals surface area contributed by atoms with Crippen molar-refractivity contribution in [1.29, 1.82) is 0 Å². The largest absolute Gasteiger partial charge is 0.383 e. The van der Waals surface area contributed by atoms with Crippen molar-refractivity contribution in [3.8, 4) is 0 Å². The average Bonchev–Trinajstić information content (AvgIpc) is 2.32. The molecule has 0 aliphatic heterocycles. The second-order valence-electron chi connectivity index (χ2n) is 4.20. The molecule has 1 rings (SSSR count). The average molecular weight is 290 g/mol. The maximum atomic E-state index is 12.1. The highest BCUT2D eigenvalue weighted by Gasteiger charge is 2.16. The summed E-state index contributed by atoms with van der Waals surface area (Å²) in [5.41, 5.74) is 1.50. The molecule has 5 heteroatoms. The van der Waals surface area contributed by atoms with Gasteiger partial charge in [-0.15, -0.1) is 11.6 Å². The molecule has 100 valence electrons. The van der Waals surface area contributed by atoms with Gasteiger partial charge in [0, 0.05) is 31.3 Å². The van der Waals surface area contributed by atoms with Gasteiger partial charge in [-0.1, -0.05) is 11.6 Å². The van der Waals surface area contributed by atoms with Crippen LogP contribution in [-0.4, -0.2) is 43.5 Å². The van der Waals surface area contributed by atoms with Crippen LogP contribution in [0.1, 0.15) is 15.9 Å². The second kappa shape index (κ2) is 6.98. The number of aryl methyl sites for hydroxylation is 1. The van der Waals surface area contributed by atoms with Crippen molar-refractivity contribution in [1.82, 2.24) is 4.90 Å². The molecule has 1 atom stereocenters. The zero-order valence-corrected chi connectivity index (χ0v) is 12.3. The van der Waals surface area contributed by atoms with Gasteiger partial charge in [-0.05, 0) is 30.7 Å². The van der Waals surface area contributed by atoms with E-state index in [-0.39, 0.29) is 11.3 Å². The van der Waals surface area contributed by atoms with Gasteiger partial charge < -0.3 is 9.64 Å². The summed E-state index contributed by atoms with van der Waals surface area (Å²) in [7, 11) is 3.30. The number of ether oxygens (including phenoxy) is 1. The van der Waals surface area contributed by atoms with Gasteiger partial charge in [0.2, 0.25) is 0 Å². The number of amides is 1. The molecule has 0 saturated carbocycles. The van der Waals surface area contributed by atoms with E-state index in [1.165, 1.54) is 0 Å². The molecule has 0 heterocycles. The zero-order valence-electron chi connectivity index (χ0n) is 10.7. The van der Waals surface area contributed by atoms with Crippen molar-refractivity contribution in [3.05, 3.63) is 34.3 Å². The molecule has 1 amide bonds. The minimum atomic E-state index is -0.211. The number of hydrogen-bond donors (Lipinski definition) is 0. The first-order valence-electron chi connectivity index (χ1n) is 5.60. The second-order valence-corrected chi connectivity index (χ2v) is 5.23. The molecule has 0 fully saturated rings. The number of halogens is 2. The van der Waals surface area contributed by atoms with E-state index < -0.39 is 0 Å². The SMILES string of the molecule is COCC(Cl)CN(C)C(=O)c1ccc(Cl)c(C)c1. The van der Waals surface area contributed by atoms with Crippen LogP contribution in [-0.2, 0) is 4.74 Å². The highest BCUT2D eigenvalue weighted by atomic mass is 35.5. The smallest absolute Gasteiger partial charge is 0.253 e. The Hall–Kier alpha value is -0.770. The molecular weight excluding hydrogens is 273 g/mol. The number of nitrogens with zero attached hydrogens (tertiary/aromatic N) is 1. The van der Waals surface area contributed by atoms with Crippen LogP contribution in [0.4, 0.5) is 0 Å². The van der Waals surface area contributed by atoms with E-state index in [2.05, 4.69) is 0 Å². The van der Waals surface area contributed by atoms with Crippen LogP contribution < -0.4 is 0 Å². The lowest BCUT2D eigenvalue weighted by atomic mass is 10.1. The molecule has 18 heavy (non-hydrogen) atoms. The molecule has 0 bridgehead atoms. The predicted molar refractivity (Wildman–Crippen MR) is 74.7 cm³/mol. The van der Waals surface area contributed by atoms with Crippen molar-refractivity contribution in [2.24, 2.45) is 0 Å². The van der Waals surface area contributed by atoms with Crippen molar-refractivity contribution in [3.63, 3.8) is 0 Å². The van der Waals surface area contributed by atoms with Crippen LogP contribution in [0.5, 0.6) is 0 Å². The van der Waals surface area contributed by atoms with Crippen LogP contribution in [0.3, 0.4) is 0 Å². The van der Waals surface area contributed by atoms with Gasteiger partial charge in [-0.25, -0.2) is 0 Å². The molecule has 0 aliphatic carbocycles. The van der Waals surface area contributed by atoms with Gasteiger partial charge in [0.15, 0.2) is 0 Å². The molecule has 1 unspecified atom stereocenters. The first-order valence-corrected chi connectivity index (χ1v) is 6.41. The van der Waals surface area contributed by atoms with Crippen molar-refractivity contribution in [2.75, 3.05) is 27.3 Å². The van der Waals surface area contributed by atoms with E-state index >= 15 is 0 Å². The fourth-order valence-electron chi connectivity index (χ4n) is 1.61. The minimum absolute atomic E-state index is 0.0727. The van der Waals surface area contributed by atoms with Gasteiger partial charge in [0.25, 0.3) is 5.91 Å². The Kier molecular flexibility index (Phi) is 5.93. The molecule has 0 aliphatic rings. The Morgan fingerprint density at radius 2 is 2.17 bits per heavy atom. The number of benzene rings is 1. The highest BCUT2D eigenvalue weighted by molar-refractivity contribution is 6.31. The zero-order chi connectivity index (χ0) is 13.7. The fraction of sp³-hybridized carbons (Fsp3) is 0.462. The molecule has 3 nitrogen and oxygen atoms in total. The number of methoxy groups -OCH3 is 1. The van der Waals surface area contributed by atoms with Crippen molar-refractivity contribution in [2.45, 2.75) is 12.3 Å². The maximum absolute atomic E-state index is 12.1. The predicted octanol–water partition coefficient (Wildman–Crippen LogP) is 2.97. The maximum Gasteiger partial charge on any atom is 0.253 e. The summed E-state index contributed by atoms with van der Waals surface area (Å²) >= 11 is 12.0. The molecule has 0 aromatic heterocycles. The Balaban J connectivity index is 2.71. The summed E-state index contributed by atoms with van der Waals surface area (Å²) in [5.74, 6) is -0.0727. The Morgan fingerprint density at radius 3 is 2.72 bits per heavy atom. The van der Waals surface area contributed by atoms with E-state index in [9.17, 15) is 4.79 Å². The first-order chi connectivity index (χ1) is 8.45. The number of carbonyl (C=O) groups is 1. The molecule has 0 saturated heterocycles. The summed E-state index contributed by atoms with van der Waals surface area (Å²) in [6.07, 6.45) is 0. The summed E-state index contributed by atoms with van der Waals surface area (Å²) in [6.45, 7) is 2.73. The van der Waals surface area contributed by atoms with Gasteiger partial charge in [0.1, 0.15) is 0 Å². The molecular formula is C13H17Cl2NO2. The standard InChI is InChI=1S/C13H17Cl2NO2/c1-9-6-10(4-5-12(9)15)13(17)16(2)7-11(14)8-18-3/h4-6,11H,7-8H2,1-3H3. The third-order valence-corrected chi connectivity index (χ3v) is 3.26. The first kappa shape index (κ1) is 15.3. The van der Waals surface area contributed by atoms with Crippen molar-refractivity contribution < 1.29 is 9.53 Å². The molecule has 1 aromatic carbocycles. The van der Waals surface area contributed by atoms with Gasteiger partial charge >= 0.3 is 0 Å². The summed E-state index contributed by atoms with van der Waals surface area (Å²) in [5, 5.41) is 0.446. The van der Waals surface area contributed by atoms with E-state index in [0.29, 0.717) is 23.7 Å². The normalized spacial score (nSPS) is 12.3. The Morgan fingerprint density at radius 1 is 1.50 bits per heavy atom. The molecule has 1 aromatic rings. The van der Waals surface area contributed by atoms with Gasteiger partial charge in [0.05, 0.1) is 12.0 Å². The van der Waals surface area contributed by atoms with Crippen LogP contribution >= 0.6 is 23.2 Å². The minimum Gasteiger partial charge on any atom is -0.383 e. The highest BCUT2D eigenvalue weighted by Crippen LogP contribution is 2.17. The summed E-state index contributed by atoms with van der Waals surface area (Å²) < 4.78 is 4.94. The van der Waals surface area contributed by atoms with Crippen LogP contribution in [0.15, 0.2) is 18.2 Å². The molecule has 0 N–H and O–H groups in total. The summed E-state index contributed by atoms with van der Waals surface area (Å²) in [4.78, 5) is 13.7. The molecule has 0 radical (unpaired) electrons. The number of carbonyl (C=O) groups excluding carboxylic acids is 1. The van der Waals surface area contributed by atoms with E-state index in [0.717, 1.165) is 5.56 Å². The van der Waals surface area contributed by atoms with Crippen LogP contribution in [0, 0.1) is 6.92 Å². The Labute approximate surface area is 118 Å². The lowest BCUT2D eigenvalue weighted by molar-refractivity contribution is 0.0781. The number of rotatable bonds is 5. The summed E-state index contributed by atoms with van der Waals surface area (Å²) in [6, 6.07) is 5.22. The van der Waals surface area contributed by atoms with Gasteiger partial charge in [-0.2, -0.15) is 0 Å². The topological polar surface area (TPSA) is 29.5 Å².